The molecule has 0 unspecified atom stereocenters. The van der Waals surface area contributed by atoms with E-state index in [-0.39, 0.29) is 0 Å². The zero-order valence-electron chi connectivity index (χ0n) is 9.76. The van der Waals surface area contributed by atoms with Crippen molar-refractivity contribution in [3.8, 4) is 0 Å². The molecule has 0 aromatic rings. The van der Waals surface area contributed by atoms with E-state index in [0.29, 0.717) is 13.0 Å². The molecule has 0 aliphatic heterocycles. The summed E-state index contributed by atoms with van der Waals surface area (Å²) in [7, 11) is 0. The average Bonchev–Trinajstić information content (AvgIpc) is 2.27. The summed E-state index contributed by atoms with van der Waals surface area (Å²) in [5.74, 6) is -0.998. The van der Waals surface area contributed by atoms with E-state index in [0.717, 1.165) is 24.0 Å². The van der Waals surface area contributed by atoms with Gasteiger partial charge in [0.1, 0.15) is 5.54 Å². The Morgan fingerprint density at radius 1 is 1.59 bits per heavy atom. The van der Waals surface area contributed by atoms with Crippen molar-refractivity contribution in [2.24, 2.45) is 10.8 Å². The fraction of sp³-hybridized carbons (Fsp3) is 0.545. The van der Waals surface area contributed by atoms with Crippen LogP contribution < -0.4 is 5.73 Å². The van der Waals surface area contributed by atoms with Crippen LogP contribution in [0.25, 0.3) is 10.4 Å². The number of allylic oxidation sites excluding steroid dienone is 2. The highest BCUT2D eigenvalue weighted by atomic mass is 16.4. The Morgan fingerprint density at radius 2 is 2.18 bits per heavy atom. The molecule has 6 heteroatoms. The molecule has 0 saturated heterocycles. The molecule has 0 heterocycles. The lowest BCUT2D eigenvalue weighted by molar-refractivity contribution is -0.142. The third-order valence-corrected chi connectivity index (χ3v) is 2.74. The first kappa shape index (κ1) is 13.3. The van der Waals surface area contributed by atoms with Crippen molar-refractivity contribution >= 4 is 5.97 Å². The van der Waals surface area contributed by atoms with E-state index < -0.39 is 11.5 Å². The van der Waals surface area contributed by atoms with Crippen LogP contribution in [0.1, 0.15) is 26.2 Å². The van der Waals surface area contributed by atoms with Crippen molar-refractivity contribution in [1.29, 1.82) is 0 Å². The molecule has 92 valence electrons. The number of carboxylic acids is 1. The summed E-state index contributed by atoms with van der Waals surface area (Å²) >= 11 is 0. The molecule has 6 nitrogen and oxygen atoms in total. The largest absolute Gasteiger partial charge is 0.480 e. The van der Waals surface area contributed by atoms with Crippen molar-refractivity contribution in [3.63, 3.8) is 0 Å². The summed E-state index contributed by atoms with van der Waals surface area (Å²) in [6.07, 6.45) is 5.66. The number of azide groups is 1. The molecule has 0 bridgehead atoms. The fourth-order valence-electron chi connectivity index (χ4n) is 1.67. The maximum Gasteiger partial charge on any atom is 0.323 e. The Hall–Kier alpha value is -1.78. The molecule has 0 spiro atoms. The Balaban J connectivity index is 2.65. The maximum absolute atomic E-state index is 10.9. The van der Waals surface area contributed by atoms with Crippen LogP contribution in [0.2, 0.25) is 0 Å². The molecule has 0 fully saturated rings. The topological polar surface area (TPSA) is 112 Å². The molecule has 0 amide bonds. The zero-order chi connectivity index (χ0) is 12.9. The number of rotatable bonds is 5. The fourth-order valence-corrected chi connectivity index (χ4v) is 1.67. The van der Waals surface area contributed by atoms with Crippen LogP contribution >= 0.6 is 0 Å². The molecular formula is C11H16N4O2. The van der Waals surface area contributed by atoms with Gasteiger partial charge in [-0.15, -0.1) is 0 Å². The first-order valence-electron chi connectivity index (χ1n) is 5.36. The van der Waals surface area contributed by atoms with Gasteiger partial charge >= 0.3 is 5.97 Å². The molecule has 0 aromatic heterocycles. The standard InChI is InChI=1S/C11H16N4O2/c1-11(12,10(16)17)6-8-2-4-9(5-3-8)7-14-15-13/h2,4H,3,5-7,12H2,1H3,(H,16,17)/t11-/m0/s1. The molecule has 1 atom stereocenters. The number of hydrogen-bond acceptors (Lipinski definition) is 3. The molecule has 0 saturated carbocycles. The zero-order valence-corrected chi connectivity index (χ0v) is 9.76. The highest BCUT2D eigenvalue weighted by molar-refractivity contribution is 5.78. The van der Waals surface area contributed by atoms with Crippen LogP contribution in [0.4, 0.5) is 0 Å². The monoisotopic (exact) mass is 236 g/mol. The van der Waals surface area contributed by atoms with Gasteiger partial charge in [0, 0.05) is 11.5 Å². The Kier molecular flexibility index (Phi) is 4.31. The lowest BCUT2D eigenvalue weighted by atomic mass is 9.88. The number of nitrogens with zero attached hydrogens (tertiary/aromatic N) is 3. The van der Waals surface area contributed by atoms with Gasteiger partial charge in [-0.3, -0.25) is 4.79 Å². The van der Waals surface area contributed by atoms with Gasteiger partial charge in [-0.25, -0.2) is 0 Å². The second kappa shape index (κ2) is 5.52. The van der Waals surface area contributed by atoms with Crippen molar-refractivity contribution < 1.29 is 9.90 Å². The summed E-state index contributed by atoms with van der Waals surface area (Å²) < 4.78 is 0. The predicted octanol–water partition coefficient (Wildman–Crippen LogP) is 2.14. The minimum Gasteiger partial charge on any atom is -0.480 e. The Labute approximate surface area is 99.4 Å². The van der Waals surface area contributed by atoms with Crippen molar-refractivity contribution in [3.05, 3.63) is 33.7 Å². The summed E-state index contributed by atoms with van der Waals surface area (Å²) in [5.41, 5.74) is 14.7. The number of hydrogen-bond donors (Lipinski definition) is 2. The van der Waals surface area contributed by atoms with E-state index in [4.69, 9.17) is 16.4 Å². The predicted molar refractivity (Wildman–Crippen MR) is 64.3 cm³/mol. The van der Waals surface area contributed by atoms with Crippen LogP contribution in [-0.4, -0.2) is 23.2 Å². The van der Waals surface area contributed by atoms with Gasteiger partial charge in [-0.2, -0.15) is 0 Å². The third-order valence-electron chi connectivity index (χ3n) is 2.74. The number of carboxylic acid groups (broad SMARTS) is 1. The van der Waals surface area contributed by atoms with E-state index in [1.54, 1.807) is 0 Å². The summed E-state index contributed by atoms with van der Waals surface area (Å²) in [6, 6.07) is 0. The highest BCUT2D eigenvalue weighted by Crippen LogP contribution is 2.25. The number of nitrogens with two attached hydrogens (primary N) is 1. The first-order valence-corrected chi connectivity index (χ1v) is 5.36. The maximum atomic E-state index is 10.9. The summed E-state index contributed by atoms with van der Waals surface area (Å²) in [6.45, 7) is 1.88. The summed E-state index contributed by atoms with van der Waals surface area (Å²) in [5, 5.41) is 12.4. The molecule has 0 radical (unpaired) electrons. The summed E-state index contributed by atoms with van der Waals surface area (Å²) in [4.78, 5) is 13.6. The molecule has 0 aromatic carbocycles. The quantitative estimate of drug-likeness (QED) is 0.433. The molecule has 1 aliphatic carbocycles. The normalized spacial score (nSPS) is 18.5. The van der Waals surface area contributed by atoms with Crippen LogP contribution in [0, 0.1) is 0 Å². The van der Waals surface area contributed by atoms with Gasteiger partial charge in [-0.1, -0.05) is 28.4 Å². The second-order valence-electron chi connectivity index (χ2n) is 4.44. The molecule has 17 heavy (non-hydrogen) atoms. The molecular weight excluding hydrogens is 220 g/mol. The van der Waals surface area contributed by atoms with E-state index in [1.807, 2.05) is 12.2 Å². The minimum atomic E-state index is -1.22. The van der Waals surface area contributed by atoms with Crippen LogP contribution in [-0.2, 0) is 4.79 Å². The van der Waals surface area contributed by atoms with E-state index in [2.05, 4.69) is 10.0 Å². The van der Waals surface area contributed by atoms with E-state index in [1.165, 1.54) is 6.92 Å². The van der Waals surface area contributed by atoms with Gasteiger partial charge in [0.25, 0.3) is 0 Å². The average molecular weight is 236 g/mol. The van der Waals surface area contributed by atoms with Gasteiger partial charge in [0.2, 0.25) is 0 Å². The number of carbonyl (C=O) groups is 1. The van der Waals surface area contributed by atoms with E-state index in [9.17, 15) is 4.79 Å². The third kappa shape index (κ3) is 3.94. The van der Waals surface area contributed by atoms with Crippen molar-refractivity contribution in [1.82, 2.24) is 0 Å². The highest BCUT2D eigenvalue weighted by Gasteiger charge is 2.29. The van der Waals surface area contributed by atoms with Crippen molar-refractivity contribution in [2.45, 2.75) is 31.7 Å². The van der Waals surface area contributed by atoms with Gasteiger partial charge in [0.05, 0.1) is 0 Å². The van der Waals surface area contributed by atoms with Gasteiger partial charge in [0.15, 0.2) is 0 Å². The lowest BCUT2D eigenvalue weighted by Gasteiger charge is -2.22. The van der Waals surface area contributed by atoms with Gasteiger partial charge in [-0.05, 0) is 31.7 Å². The second-order valence-corrected chi connectivity index (χ2v) is 4.44. The molecule has 1 aliphatic rings. The Morgan fingerprint density at radius 3 is 2.65 bits per heavy atom. The molecule has 1 rings (SSSR count). The van der Waals surface area contributed by atoms with Crippen LogP contribution in [0.3, 0.4) is 0 Å². The Bertz CT molecular complexity index is 417. The lowest BCUT2D eigenvalue weighted by Crippen LogP contribution is -2.45. The van der Waals surface area contributed by atoms with E-state index >= 15 is 0 Å². The van der Waals surface area contributed by atoms with Crippen molar-refractivity contribution in [2.75, 3.05) is 6.54 Å². The smallest absolute Gasteiger partial charge is 0.323 e. The SMILES string of the molecule is C[C@](N)(CC1=CC=C(CN=[N+]=[N-])CC1)C(=O)O. The first-order chi connectivity index (χ1) is 7.95. The van der Waals surface area contributed by atoms with Crippen LogP contribution in [0.5, 0.6) is 0 Å². The minimum absolute atomic E-state index is 0.341. The van der Waals surface area contributed by atoms with Crippen LogP contribution in [0.15, 0.2) is 28.4 Å². The van der Waals surface area contributed by atoms with Gasteiger partial charge < -0.3 is 10.8 Å². The molecule has 3 N–H and O–H groups in total. The number of aliphatic carboxylic acids is 1.